The minimum absolute atomic E-state index is 0.00939. The number of carbonyl (C=O) groups is 2. The molecule has 0 saturated heterocycles. The van der Waals surface area contributed by atoms with E-state index in [4.69, 9.17) is 9.84 Å². The summed E-state index contributed by atoms with van der Waals surface area (Å²) >= 11 is 0. The van der Waals surface area contributed by atoms with E-state index in [1.54, 1.807) is 12.1 Å². The smallest absolute Gasteiger partial charge is 0.311 e. The van der Waals surface area contributed by atoms with Gasteiger partial charge in [0.05, 0.1) is 0 Å². The van der Waals surface area contributed by atoms with E-state index in [1.807, 2.05) is 12.1 Å². The SMILES string of the molecule is CCCc1ccc(OC(=O)CCCC(=O)O)cc1. The molecule has 0 aliphatic heterocycles. The van der Waals surface area contributed by atoms with Crippen LogP contribution in [0.25, 0.3) is 0 Å². The highest BCUT2D eigenvalue weighted by Crippen LogP contribution is 2.14. The number of carboxylic acid groups (broad SMARTS) is 1. The number of benzene rings is 1. The van der Waals surface area contributed by atoms with Crippen LogP contribution in [0.1, 0.15) is 38.2 Å². The van der Waals surface area contributed by atoms with E-state index in [0.29, 0.717) is 12.2 Å². The Morgan fingerprint density at radius 2 is 1.83 bits per heavy atom. The molecular formula is C14H18O4. The first kappa shape index (κ1) is 14.2. The van der Waals surface area contributed by atoms with Crippen LogP contribution in [0.5, 0.6) is 5.75 Å². The lowest BCUT2D eigenvalue weighted by molar-refractivity contribution is -0.137. The van der Waals surface area contributed by atoms with Gasteiger partial charge in [-0.05, 0) is 30.5 Å². The third kappa shape index (κ3) is 5.48. The normalized spacial score (nSPS) is 10.1. The highest BCUT2D eigenvalue weighted by Gasteiger charge is 2.06. The molecule has 0 atom stereocenters. The van der Waals surface area contributed by atoms with Crippen molar-refractivity contribution in [2.75, 3.05) is 0 Å². The maximum Gasteiger partial charge on any atom is 0.311 e. The maximum atomic E-state index is 11.4. The zero-order valence-electron chi connectivity index (χ0n) is 10.5. The molecule has 0 aliphatic rings. The lowest BCUT2D eigenvalue weighted by Gasteiger charge is -2.04. The van der Waals surface area contributed by atoms with E-state index >= 15 is 0 Å². The summed E-state index contributed by atoms with van der Waals surface area (Å²) in [6, 6.07) is 7.40. The molecule has 0 unspecified atom stereocenters. The summed E-state index contributed by atoms with van der Waals surface area (Å²) in [5, 5.41) is 8.45. The second-order valence-corrected chi connectivity index (χ2v) is 4.12. The molecule has 1 rings (SSSR count). The second kappa shape index (κ2) is 7.48. The predicted octanol–water partition coefficient (Wildman–Crippen LogP) is 2.80. The van der Waals surface area contributed by atoms with Gasteiger partial charge >= 0.3 is 11.9 Å². The first-order valence-electron chi connectivity index (χ1n) is 6.13. The molecule has 0 spiro atoms. The van der Waals surface area contributed by atoms with Crippen LogP contribution in [0, 0.1) is 0 Å². The van der Waals surface area contributed by atoms with Gasteiger partial charge in [0.2, 0.25) is 0 Å². The molecule has 0 bridgehead atoms. The largest absolute Gasteiger partial charge is 0.481 e. The molecule has 1 N–H and O–H groups in total. The number of hydrogen-bond donors (Lipinski definition) is 1. The van der Waals surface area contributed by atoms with Crippen LogP contribution in [0.3, 0.4) is 0 Å². The Morgan fingerprint density at radius 3 is 2.39 bits per heavy atom. The van der Waals surface area contributed by atoms with Gasteiger partial charge in [-0.15, -0.1) is 0 Å². The van der Waals surface area contributed by atoms with Crippen LogP contribution in [-0.4, -0.2) is 17.0 Å². The van der Waals surface area contributed by atoms with Crippen molar-refractivity contribution in [3.63, 3.8) is 0 Å². The molecule has 0 amide bonds. The van der Waals surface area contributed by atoms with Crippen molar-refractivity contribution in [2.24, 2.45) is 0 Å². The number of hydrogen-bond acceptors (Lipinski definition) is 3. The molecule has 0 saturated carbocycles. The molecule has 4 nitrogen and oxygen atoms in total. The average Bonchev–Trinajstić information content (AvgIpc) is 2.31. The van der Waals surface area contributed by atoms with Crippen molar-refractivity contribution < 1.29 is 19.4 Å². The summed E-state index contributed by atoms with van der Waals surface area (Å²) in [5.41, 5.74) is 1.21. The number of aryl methyl sites for hydroxylation is 1. The van der Waals surface area contributed by atoms with E-state index in [0.717, 1.165) is 12.8 Å². The Hall–Kier alpha value is -1.84. The maximum absolute atomic E-state index is 11.4. The van der Waals surface area contributed by atoms with E-state index in [1.165, 1.54) is 5.56 Å². The predicted molar refractivity (Wildman–Crippen MR) is 67.6 cm³/mol. The van der Waals surface area contributed by atoms with Crippen LogP contribution in [0.4, 0.5) is 0 Å². The third-order valence-corrected chi connectivity index (χ3v) is 2.47. The van der Waals surface area contributed by atoms with Crippen LogP contribution in [0.15, 0.2) is 24.3 Å². The molecule has 98 valence electrons. The average molecular weight is 250 g/mol. The van der Waals surface area contributed by atoms with Crippen molar-refractivity contribution in [3.05, 3.63) is 29.8 Å². The lowest BCUT2D eigenvalue weighted by Crippen LogP contribution is -2.08. The van der Waals surface area contributed by atoms with Crippen molar-refractivity contribution in [1.29, 1.82) is 0 Å². The minimum Gasteiger partial charge on any atom is -0.481 e. The Morgan fingerprint density at radius 1 is 1.17 bits per heavy atom. The van der Waals surface area contributed by atoms with E-state index in [-0.39, 0.29) is 18.8 Å². The first-order valence-corrected chi connectivity index (χ1v) is 6.13. The van der Waals surface area contributed by atoms with E-state index < -0.39 is 5.97 Å². The van der Waals surface area contributed by atoms with Gasteiger partial charge in [0.1, 0.15) is 5.75 Å². The number of carbonyl (C=O) groups excluding carboxylic acids is 1. The lowest BCUT2D eigenvalue weighted by atomic mass is 10.1. The topological polar surface area (TPSA) is 63.6 Å². The number of rotatable bonds is 7. The minimum atomic E-state index is -0.897. The van der Waals surface area contributed by atoms with Crippen LogP contribution >= 0.6 is 0 Å². The summed E-state index contributed by atoms with van der Waals surface area (Å²) in [7, 11) is 0. The molecule has 0 heterocycles. The molecule has 0 aliphatic carbocycles. The monoisotopic (exact) mass is 250 g/mol. The van der Waals surface area contributed by atoms with Crippen molar-refractivity contribution in [3.8, 4) is 5.75 Å². The van der Waals surface area contributed by atoms with Crippen molar-refractivity contribution >= 4 is 11.9 Å². The van der Waals surface area contributed by atoms with Crippen molar-refractivity contribution in [1.82, 2.24) is 0 Å². The van der Waals surface area contributed by atoms with E-state index in [9.17, 15) is 9.59 Å². The third-order valence-electron chi connectivity index (χ3n) is 2.47. The van der Waals surface area contributed by atoms with Gasteiger partial charge in [-0.25, -0.2) is 0 Å². The Kier molecular flexibility index (Phi) is 5.91. The summed E-state index contributed by atoms with van der Waals surface area (Å²) in [4.78, 5) is 21.7. The Balaban J connectivity index is 2.37. The van der Waals surface area contributed by atoms with Gasteiger partial charge < -0.3 is 9.84 Å². The molecule has 4 heteroatoms. The highest BCUT2D eigenvalue weighted by atomic mass is 16.5. The van der Waals surface area contributed by atoms with Crippen LogP contribution in [-0.2, 0) is 16.0 Å². The van der Waals surface area contributed by atoms with Gasteiger partial charge in [-0.1, -0.05) is 25.5 Å². The second-order valence-electron chi connectivity index (χ2n) is 4.12. The summed E-state index contributed by atoms with van der Waals surface area (Å²) < 4.78 is 5.10. The molecule has 0 aromatic heterocycles. The standard InChI is InChI=1S/C14H18O4/c1-2-4-11-7-9-12(10-8-11)18-14(17)6-3-5-13(15)16/h7-10H,2-6H2,1H3,(H,15,16). The number of aliphatic carboxylic acids is 1. The molecule has 0 fully saturated rings. The van der Waals surface area contributed by atoms with Crippen molar-refractivity contribution in [2.45, 2.75) is 39.0 Å². The van der Waals surface area contributed by atoms with E-state index in [2.05, 4.69) is 6.92 Å². The molecule has 18 heavy (non-hydrogen) atoms. The number of ether oxygens (including phenoxy) is 1. The zero-order valence-corrected chi connectivity index (χ0v) is 10.5. The first-order chi connectivity index (χ1) is 8.61. The quantitative estimate of drug-likeness (QED) is 0.597. The zero-order chi connectivity index (χ0) is 13.4. The molecule has 1 aromatic carbocycles. The number of carboxylic acids is 1. The summed E-state index contributed by atoms with van der Waals surface area (Å²) in [5.74, 6) is -0.776. The fourth-order valence-corrected chi connectivity index (χ4v) is 1.58. The Labute approximate surface area is 107 Å². The fraction of sp³-hybridized carbons (Fsp3) is 0.429. The van der Waals surface area contributed by atoms with Crippen LogP contribution < -0.4 is 4.74 Å². The highest BCUT2D eigenvalue weighted by molar-refractivity contribution is 5.73. The summed E-state index contributed by atoms with van der Waals surface area (Å²) in [6.07, 6.45) is 2.51. The van der Waals surface area contributed by atoms with Crippen LogP contribution in [0.2, 0.25) is 0 Å². The molecular weight excluding hydrogens is 232 g/mol. The fourth-order valence-electron chi connectivity index (χ4n) is 1.58. The Bertz CT molecular complexity index is 395. The molecule has 0 radical (unpaired) electrons. The van der Waals surface area contributed by atoms with Gasteiger partial charge in [0.15, 0.2) is 0 Å². The van der Waals surface area contributed by atoms with Gasteiger partial charge in [-0.3, -0.25) is 9.59 Å². The number of esters is 1. The van der Waals surface area contributed by atoms with Gasteiger partial charge in [0.25, 0.3) is 0 Å². The molecule has 1 aromatic rings. The van der Waals surface area contributed by atoms with Gasteiger partial charge in [0, 0.05) is 12.8 Å². The van der Waals surface area contributed by atoms with Gasteiger partial charge in [-0.2, -0.15) is 0 Å². The summed E-state index contributed by atoms with van der Waals surface area (Å²) in [6.45, 7) is 2.11.